The monoisotopic (exact) mass is 323 g/mol. The zero-order valence-electron chi connectivity index (χ0n) is 13.8. The van der Waals surface area contributed by atoms with E-state index in [-0.39, 0.29) is 5.84 Å². The molecule has 0 amide bonds. The minimum Gasteiger partial charge on any atom is -0.385 e. The first-order chi connectivity index (χ1) is 11.5. The number of aromatic nitrogens is 1. The van der Waals surface area contributed by atoms with Gasteiger partial charge in [0, 0.05) is 29.2 Å². The van der Waals surface area contributed by atoms with Crippen molar-refractivity contribution in [2.24, 2.45) is 10.7 Å². The third kappa shape index (κ3) is 4.04. The number of nitrogens with one attached hydrogen (secondary N) is 2. The Morgan fingerprint density at radius 2 is 2.08 bits per heavy atom. The van der Waals surface area contributed by atoms with E-state index in [0.717, 1.165) is 12.0 Å². The van der Waals surface area contributed by atoms with E-state index in [1.165, 1.54) is 0 Å². The largest absolute Gasteiger partial charge is 0.385 e. The summed E-state index contributed by atoms with van der Waals surface area (Å²) in [5.41, 5.74) is 7.55. The molecule has 24 heavy (non-hydrogen) atoms. The summed E-state index contributed by atoms with van der Waals surface area (Å²) in [6.45, 7) is 3.90. The molecule has 6 heteroatoms. The first kappa shape index (κ1) is 17.3. The van der Waals surface area contributed by atoms with Crippen LogP contribution in [0, 0.1) is 5.41 Å². The molecule has 0 aliphatic heterocycles. The molecule has 0 saturated heterocycles. The first-order valence-electron chi connectivity index (χ1n) is 7.65. The topological polar surface area (TPSA) is 104 Å². The molecule has 0 radical (unpaired) electrons. The van der Waals surface area contributed by atoms with E-state index in [2.05, 4.69) is 15.3 Å². The normalized spacial score (nSPS) is 13.8. The fourth-order valence-corrected chi connectivity index (χ4v) is 2.16. The lowest BCUT2D eigenvalue weighted by atomic mass is 9.96. The van der Waals surface area contributed by atoms with Crippen molar-refractivity contribution >= 4 is 23.6 Å². The van der Waals surface area contributed by atoms with Crippen molar-refractivity contribution in [1.29, 1.82) is 5.41 Å². The Morgan fingerprint density at radius 1 is 1.38 bits per heavy atom. The molecule has 0 bridgehead atoms. The van der Waals surface area contributed by atoms with E-state index in [0.29, 0.717) is 23.4 Å². The molecule has 0 fully saturated rings. The van der Waals surface area contributed by atoms with Gasteiger partial charge in [0.1, 0.15) is 12.1 Å². The van der Waals surface area contributed by atoms with Gasteiger partial charge < -0.3 is 11.1 Å². The van der Waals surface area contributed by atoms with Gasteiger partial charge in [0.05, 0.1) is 5.54 Å². The van der Waals surface area contributed by atoms with Gasteiger partial charge in [-0.2, -0.15) is 0 Å². The van der Waals surface area contributed by atoms with E-state index in [1.807, 2.05) is 19.9 Å². The van der Waals surface area contributed by atoms with Gasteiger partial charge >= 0.3 is 0 Å². The van der Waals surface area contributed by atoms with Crippen molar-refractivity contribution in [3.8, 4) is 0 Å². The van der Waals surface area contributed by atoms with Gasteiger partial charge in [-0.05, 0) is 37.6 Å². The van der Waals surface area contributed by atoms with Crippen LogP contribution in [0.1, 0.15) is 36.2 Å². The Bertz CT molecular complexity index is 757. The van der Waals surface area contributed by atoms with Crippen LogP contribution >= 0.6 is 0 Å². The van der Waals surface area contributed by atoms with Crippen LogP contribution in [0.5, 0.6) is 0 Å². The highest BCUT2D eigenvalue weighted by molar-refractivity contribution is 6.07. The van der Waals surface area contributed by atoms with Crippen LogP contribution in [-0.4, -0.2) is 28.5 Å². The maximum atomic E-state index is 10.9. The van der Waals surface area contributed by atoms with Gasteiger partial charge in [0.25, 0.3) is 0 Å². The average molecular weight is 323 g/mol. The Labute approximate surface area is 141 Å². The molecule has 1 atom stereocenters. The Balaban J connectivity index is 2.25. The smallest absolute Gasteiger partial charge is 0.154 e. The number of hydrogen-bond acceptors (Lipinski definition) is 4. The van der Waals surface area contributed by atoms with Crippen LogP contribution in [0.15, 0.2) is 53.8 Å². The van der Waals surface area contributed by atoms with E-state index in [4.69, 9.17) is 11.1 Å². The predicted octanol–water partition coefficient (Wildman–Crippen LogP) is 2.86. The molecule has 0 saturated carbocycles. The van der Waals surface area contributed by atoms with Crippen LogP contribution in [0.25, 0.3) is 0 Å². The predicted molar refractivity (Wildman–Crippen MR) is 96.8 cm³/mol. The second-order valence-electron chi connectivity index (χ2n) is 5.64. The van der Waals surface area contributed by atoms with Gasteiger partial charge in [-0.1, -0.05) is 19.1 Å². The highest BCUT2D eigenvalue weighted by Crippen LogP contribution is 2.20. The van der Waals surface area contributed by atoms with Crippen LogP contribution in [-0.2, 0) is 0 Å². The fraction of sp³-hybridized carbons (Fsp3) is 0.222. The molecule has 0 aliphatic rings. The maximum absolute atomic E-state index is 10.9. The number of nitrogens with two attached hydrogens (primary N) is 1. The number of amidine groups is 2. The second kappa shape index (κ2) is 7.50. The number of benzene rings is 1. The average Bonchev–Trinajstić information content (AvgIpc) is 2.62. The molecule has 4 N–H and O–H groups in total. The first-order valence-corrected chi connectivity index (χ1v) is 7.65. The number of aldehydes is 1. The summed E-state index contributed by atoms with van der Waals surface area (Å²) in [7, 11) is 0. The molecule has 2 rings (SSSR count). The molecular formula is C18H21N5O. The van der Waals surface area contributed by atoms with Crippen molar-refractivity contribution in [2.45, 2.75) is 25.8 Å². The Hall–Kier alpha value is -3.02. The Kier molecular flexibility index (Phi) is 5.42. The second-order valence-corrected chi connectivity index (χ2v) is 5.64. The number of hydrogen-bond donors (Lipinski definition) is 3. The lowest BCUT2D eigenvalue weighted by Gasteiger charge is -2.30. The highest BCUT2D eigenvalue weighted by atomic mass is 16.1. The number of pyridine rings is 1. The molecular weight excluding hydrogens is 302 g/mol. The van der Waals surface area contributed by atoms with Gasteiger partial charge in [-0.3, -0.25) is 15.2 Å². The van der Waals surface area contributed by atoms with E-state index in [9.17, 15) is 4.79 Å². The molecule has 124 valence electrons. The third-order valence-electron chi connectivity index (χ3n) is 3.90. The van der Waals surface area contributed by atoms with Crippen molar-refractivity contribution < 1.29 is 4.79 Å². The van der Waals surface area contributed by atoms with Gasteiger partial charge in [-0.25, -0.2) is 4.99 Å². The zero-order valence-corrected chi connectivity index (χ0v) is 13.8. The van der Waals surface area contributed by atoms with Crippen molar-refractivity contribution in [3.63, 3.8) is 0 Å². The summed E-state index contributed by atoms with van der Waals surface area (Å²) in [5, 5.41) is 11.4. The highest BCUT2D eigenvalue weighted by Gasteiger charge is 2.27. The SMILES string of the molecule is CCC(C)(Nc1cccc(C=O)c1)C(N)=NC(=N)c1ccncc1. The van der Waals surface area contributed by atoms with Crippen molar-refractivity contribution in [2.75, 3.05) is 5.32 Å². The quantitative estimate of drug-likeness (QED) is 0.432. The number of aliphatic imine (C=N–C) groups is 1. The van der Waals surface area contributed by atoms with Crippen LogP contribution in [0.4, 0.5) is 5.69 Å². The molecule has 6 nitrogen and oxygen atoms in total. The number of nitrogens with zero attached hydrogens (tertiary/aromatic N) is 2. The van der Waals surface area contributed by atoms with Crippen LogP contribution in [0.2, 0.25) is 0 Å². The van der Waals surface area contributed by atoms with Crippen LogP contribution in [0.3, 0.4) is 0 Å². The summed E-state index contributed by atoms with van der Waals surface area (Å²) in [6, 6.07) is 10.6. The number of carbonyl (C=O) groups excluding carboxylic acids is 1. The number of rotatable bonds is 6. The van der Waals surface area contributed by atoms with Crippen molar-refractivity contribution in [1.82, 2.24) is 4.98 Å². The molecule has 1 unspecified atom stereocenters. The van der Waals surface area contributed by atoms with Gasteiger partial charge in [0.15, 0.2) is 5.84 Å². The maximum Gasteiger partial charge on any atom is 0.154 e. The summed E-state index contributed by atoms with van der Waals surface area (Å²) in [5.74, 6) is 0.390. The molecule has 1 aromatic heterocycles. The molecule has 0 aliphatic carbocycles. The summed E-state index contributed by atoms with van der Waals surface area (Å²) < 4.78 is 0. The van der Waals surface area contributed by atoms with Gasteiger partial charge in [-0.15, -0.1) is 0 Å². The van der Waals surface area contributed by atoms with E-state index >= 15 is 0 Å². The molecule has 2 aromatic rings. The lowest BCUT2D eigenvalue weighted by Crippen LogP contribution is -2.48. The van der Waals surface area contributed by atoms with E-state index < -0.39 is 5.54 Å². The number of anilines is 1. The summed E-state index contributed by atoms with van der Waals surface area (Å²) in [6.07, 6.45) is 4.68. The number of carbonyl (C=O) groups is 1. The third-order valence-corrected chi connectivity index (χ3v) is 3.90. The standard InChI is InChI=1S/C18H21N5O/c1-3-18(2,23-15-6-4-5-13(11-15)12-24)17(20)22-16(19)14-7-9-21-10-8-14/h4-12,23H,3H2,1-2H3,(H3,19,20,22). The summed E-state index contributed by atoms with van der Waals surface area (Å²) >= 11 is 0. The fourth-order valence-electron chi connectivity index (χ4n) is 2.16. The molecule has 0 spiro atoms. The molecule has 1 aromatic carbocycles. The van der Waals surface area contributed by atoms with E-state index in [1.54, 1.807) is 42.7 Å². The van der Waals surface area contributed by atoms with Gasteiger partial charge in [0.2, 0.25) is 0 Å². The minimum atomic E-state index is -0.638. The van der Waals surface area contributed by atoms with Crippen LogP contribution < -0.4 is 11.1 Å². The van der Waals surface area contributed by atoms with Crippen molar-refractivity contribution in [3.05, 3.63) is 59.9 Å². The summed E-state index contributed by atoms with van der Waals surface area (Å²) in [4.78, 5) is 19.1. The Morgan fingerprint density at radius 3 is 2.71 bits per heavy atom. The lowest BCUT2D eigenvalue weighted by molar-refractivity contribution is 0.112. The zero-order chi connectivity index (χ0) is 17.6. The molecule has 1 heterocycles. The minimum absolute atomic E-state index is 0.0815.